The molecule has 0 unspecified atom stereocenters. The Balaban J connectivity index is -0.000000151. The first-order valence-electron chi connectivity index (χ1n) is 29.4. The summed E-state index contributed by atoms with van der Waals surface area (Å²) >= 11 is 0. The number of carboxylic acid groups (broad SMARTS) is 9. The van der Waals surface area contributed by atoms with Gasteiger partial charge >= 0.3 is 266 Å². The Labute approximate surface area is 846 Å². The van der Waals surface area contributed by atoms with E-state index in [1.54, 1.807) is 60.7 Å². The number of aromatic carboxylic acids is 9. The molecule has 0 aliphatic carbocycles. The van der Waals surface area contributed by atoms with E-state index in [1.807, 2.05) is 41.5 Å². The van der Waals surface area contributed by atoms with Crippen LogP contribution >= 0.6 is 0 Å². The van der Waals surface area contributed by atoms with E-state index in [9.17, 15) is 89.1 Å². The van der Waals surface area contributed by atoms with E-state index in [0.717, 1.165) is 45.5 Å². The van der Waals surface area contributed by atoms with Gasteiger partial charge in [0.1, 0.15) is 51.7 Å². The number of hydrogen-bond donors (Lipinski definition) is 4. The molecule has 0 radical (unpaired) electrons. The molecule has 9 aromatic carbocycles. The van der Waals surface area contributed by atoms with Crippen LogP contribution in [0.5, 0.6) is 51.7 Å². The van der Waals surface area contributed by atoms with Gasteiger partial charge in [0.25, 0.3) is 0 Å². The number of phenolic OH excluding ortho intramolecular Hbond substituents is 1. The number of nitrogens with two attached hydrogens (primary N) is 1. The first kappa shape index (κ1) is 125. The van der Waals surface area contributed by atoms with Crippen molar-refractivity contribution in [2.24, 2.45) is 0 Å². The van der Waals surface area contributed by atoms with E-state index in [2.05, 4.69) is 0 Å². The molecule has 0 saturated heterocycles. The first-order chi connectivity index (χ1) is 48.4. The molecule has 0 aromatic heterocycles. The number of benzene rings is 9. The molecule has 0 aliphatic heterocycles. The van der Waals surface area contributed by atoms with E-state index < -0.39 is 70.8 Å². The van der Waals surface area contributed by atoms with Crippen LogP contribution in [0.3, 0.4) is 0 Å². The van der Waals surface area contributed by atoms with E-state index in [-0.39, 0.29) is 339 Å². The van der Waals surface area contributed by atoms with E-state index in [1.165, 1.54) is 146 Å². The molecule has 5 N–H and O–H groups in total. The Morgan fingerprint density at radius 3 is 0.857 bits per heavy atom. The molecule has 0 bridgehead atoms. The second kappa shape index (κ2) is 67.3. The molecule has 0 fully saturated rings. The van der Waals surface area contributed by atoms with Crippen molar-refractivity contribution in [2.45, 2.75) is 41.5 Å². The fourth-order valence-corrected chi connectivity index (χ4v) is 7.75. The maximum absolute atomic E-state index is 10.8. The zero-order valence-electron chi connectivity index (χ0n) is 66.5. The minimum atomic E-state index is -1.60. The monoisotopic (exact) mass is 1620 g/mol. The van der Waals surface area contributed by atoms with Crippen molar-refractivity contribution in [3.63, 3.8) is 0 Å². The molecule has 546 valence electrons. The Morgan fingerprint density at radius 1 is 0.277 bits per heavy atom. The molecule has 28 nitrogen and oxygen atoms in total. The van der Waals surface area contributed by atoms with Gasteiger partial charge in [-0.15, -0.1) is 0 Å². The summed E-state index contributed by atoms with van der Waals surface area (Å²) in [6.07, 6.45) is 0. The van der Waals surface area contributed by atoms with Gasteiger partial charge in [0.05, 0.1) is 113 Å². The van der Waals surface area contributed by atoms with E-state index in [4.69, 9.17) is 49.5 Å². The molecule has 0 amide bonds. The van der Waals surface area contributed by atoms with Gasteiger partial charge in [0, 0.05) is 16.8 Å². The van der Waals surface area contributed by atoms with Crippen molar-refractivity contribution in [3.8, 4) is 51.7 Å². The van der Waals surface area contributed by atoms with Crippen LogP contribution in [-0.4, -0.2) is 112 Å². The summed E-state index contributed by atoms with van der Waals surface area (Å²) in [5.41, 5.74) is 11.8. The van der Waals surface area contributed by atoms with Crippen molar-refractivity contribution in [1.29, 1.82) is 0 Å². The molecule has 0 atom stereocenters. The average Bonchev–Trinajstić information content (AvgIpc) is 0.669. The predicted octanol–water partition coefficient (Wildman–Crippen LogP) is -25.9. The Bertz CT molecular complexity index is 4080. The number of carbonyl (C=O) groups is 9. The summed E-state index contributed by atoms with van der Waals surface area (Å²) in [5.74, 6) is -10.3. The summed E-state index contributed by atoms with van der Waals surface area (Å²) in [6.45, 7) is 11.2. The van der Waals surface area contributed by atoms with Gasteiger partial charge in [-0.25, -0.2) is 0 Å². The van der Waals surface area contributed by atoms with Gasteiger partial charge in [-0.3, -0.25) is 0 Å². The minimum Gasteiger partial charge on any atom is -0.545 e. The number of ether oxygens (including phenoxy) is 6. The van der Waals surface area contributed by atoms with Crippen molar-refractivity contribution in [2.75, 3.05) is 48.4 Å². The number of aromatic hydroxyl groups is 3. The van der Waals surface area contributed by atoms with Crippen molar-refractivity contribution in [3.05, 3.63) is 259 Å². The quantitative estimate of drug-likeness (QED) is 0.0547. The standard InChI is InChI=1S/C10H12O4.C10H12O3.C9H10O4.C9H10O3.2C8H8O2.C7H7NO2.C7H6O4.C7H6O3.9Na/c1-6-4-7(13-2)9(10(11)12)8(5-6)14-3;1-6-4-8(10(11)12)5-9(13-3)7(6)2;1-12-6-4-3-5-7(13-2)8(6)9(10)11;1-6-3-4-7(9(10)11)8(5-6)12-2;2*1-6-2-4-7(5-3-6)8(9)10;8-6-3-1-5(2-4-6)7(9)10;8-4-2-1-3-5(9)6(4)7(10)11;8-6-3-1-5(2-4-6)7(9)10;;;;;;;;;/h4-5H,1-3H3,(H,11,12);4-5H,1-3H3,(H,11,12);3-5H,1-2H3,(H,10,11);3-5H,1-2H3,(H,10,11);2*2-5H,1H3,(H,9,10);1-4H,8H2,(H,9,10);1-3,8-9H,(H,10,11);1-4,8H,(H,9,10);;;;;;;;;/q;;;;;;;;;9*+1/p-9. The van der Waals surface area contributed by atoms with Crippen LogP contribution in [0.1, 0.15) is 127 Å². The van der Waals surface area contributed by atoms with Crippen LogP contribution < -0.4 is 346 Å². The smallest absolute Gasteiger partial charge is 0.545 e. The summed E-state index contributed by atoms with van der Waals surface area (Å²) in [4.78, 5) is 93.5. The molecule has 112 heavy (non-hydrogen) atoms. The summed E-state index contributed by atoms with van der Waals surface area (Å²) in [6, 6.07) is 43.6. The van der Waals surface area contributed by atoms with Gasteiger partial charge in [0.2, 0.25) is 0 Å². The molecular formula is C75H70NNa9O27. The number of carbonyl (C=O) groups excluding carboxylic acids is 9. The Hall–Kier alpha value is -4.79. The second-order valence-corrected chi connectivity index (χ2v) is 20.6. The molecule has 0 saturated carbocycles. The summed E-state index contributed by atoms with van der Waals surface area (Å²) in [7, 11) is 8.53. The zero-order valence-corrected chi connectivity index (χ0v) is 84.5. The third kappa shape index (κ3) is 46.8. The second-order valence-electron chi connectivity index (χ2n) is 20.6. The number of anilines is 1. The largest absolute Gasteiger partial charge is 1.00 e. The van der Waals surface area contributed by atoms with Crippen LogP contribution in [0.2, 0.25) is 0 Å². The molecule has 0 heterocycles. The van der Waals surface area contributed by atoms with Gasteiger partial charge in [-0.2, -0.15) is 0 Å². The third-order valence-electron chi connectivity index (χ3n) is 13.2. The minimum absolute atomic E-state index is 0. The number of methoxy groups -OCH3 is 6. The van der Waals surface area contributed by atoms with E-state index in [0.29, 0.717) is 17.2 Å². The maximum atomic E-state index is 10.8. The number of nitrogen functional groups attached to an aromatic ring is 1. The van der Waals surface area contributed by atoms with Crippen LogP contribution in [0.4, 0.5) is 5.69 Å². The van der Waals surface area contributed by atoms with Crippen LogP contribution in [0.15, 0.2) is 176 Å². The van der Waals surface area contributed by atoms with Gasteiger partial charge in [0.15, 0.2) is 0 Å². The number of phenols is 3. The van der Waals surface area contributed by atoms with Crippen LogP contribution in [0, 0.1) is 41.5 Å². The zero-order chi connectivity index (χ0) is 78.4. The Morgan fingerprint density at radius 2 is 0.562 bits per heavy atom. The van der Waals surface area contributed by atoms with Crippen molar-refractivity contribution < 1.29 is 399 Å². The van der Waals surface area contributed by atoms with Crippen molar-refractivity contribution in [1.82, 2.24) is 0 Å². The summed E-state index contributed by atoms with van der Waals surface area (Å²) in [5, 5.41) is 120. The predicted molar refractivity (Wildman–Crippen MR) is 354 cm³/mol. The van der Waals surface area contributed by atoms with Gasteiger partial charge in [-0.05, 0) is 183 Å². The van der Waals surface area contributed by atoms with Crippen LogP contribution in [0.25, 0.3) is 0 Å². The van der Waals surface area contributed by atoms with E-state index >= 15 is 0 Å². The topological polar surface area (TPSA) is 503 Å². The molecule has 0 spiro atoms. The molecule has 37 heteroatoms. The first-order valence-corrected chi connectivity index (χ1v) is 29.4. The fraction of sp³-hybridized carbons (Fsp3) is 0.160. The average molecular weight is 1620 g/mol. The fourth-order valence-electron chi connectivity index (χ4n) is 7.75. The SMILES string of the molecule is COc1cc(C(=O)[O-])cc(C)c1C.COc1cc(C)cc(OC)c1C(=O)[O-].COc1cc(C)ccc1C(=O)[O-].COc1cccc(OC)c1C(=O)[O-].Cc1ccc(C(=O)[O-])cc1.Cc1ccc(C(=O)[O-])cc1.Nc1ccc(C(=O)[O-])cc1.O=C([O-])c1c(O)cccc1O.O=C([O-])c1ccc(O)cc1.[Na+].[Na+].[Na+].[Na+].[Na+].[Na+].[Na+].[Na+].[Na+]. The number of rotatable bonds is 15. The molecule has 9 rings (SSSR count). The number of hydrogen-bond acceptors (Lipinski definition) is 28. The molecule has 9 aromatic rings. The third-order valence-corrected chi connectivity index (χ3v) is 13.2. The molecule has 0 aliphatic rings. The van der Waals surface area contributed by atoms with Gasteiger partial charge < -0.3 is 139 Å². The summed E-state index contributed by atoms with van der Waals surface area (Å²) < 4.78 is 29.4. The van der Waals surface area contributed by atoms with Gasteiger partial charge in [-0.1, -0.05) is 90.0 Å². The number of carboxylic acids is 9. The normalized spacial score (nSPS) is 8.68. The van der Waals surface area contributed by atoms with Crippen LogP contribution in [-0.2, 0) is 0 Å². The Kier molecular flexibility index (Phi) is 75.3. The maximum Gasteiger partial charge on any atom is 1.00 e. The number of aryl methyl sites for hydroxylation is 5. The molecular weight excluding hydrogens is 1550 g/mol. The van der Waals surface area contributed by atoms with Crippen molar-refractivity contribution >= 4 is 59.4 Å².